The van der Waals surface area contributed by atoms with Crippen molar-refractivity contribution in [2.75, 3.05) is 7.05 Å². The number of amides is 4. The van der Waals surface area contributed by atoms with Crippen LogP contribution in [0.5, 0.6) is 0 Å². The first kappa shape index (κ1) is 28.1. The van der Waals surface area contributed by atoms with Crippen LogP contribution in [-0.4, -0.2) is 53.4 Å². The molecule has 0 saturated heterocycles. The summed E-state index contributed by atoms with van der Waals surface area (Å²) in [6, 6.07) is 3.51. The van der Waals surface area contributed by atoms with Crippen molar-refractivity contribution in [3.63, 3.8) is 0 Å². The molecule has 194 valence electrons. The SMILES string of the molecule is Cc1ccc(C(C(=O)NC2CCCCC2)N(C)C(=O)C(CC(N)=O)NC(=O)OC(C)(C)C)c(C)c1. The minimum atomic E-state index is -1.27. The van der Waals surface area contributed by atoms with Crippen LogP contribution in [0.4, 0.5) is 4.79 Å². The van der Waals surface area contributed by atoms with E-state index in [1.165, 1.54) is 11.9 Å². The molecule has 0 radical (unpaired) electrons. The summed E-state index contributed by atoms with van der Waals surface area (Å²) in [7, 11) is 1.50. The summed E-state index contributed by atoms with van der Waals surface area (Å²) in [6.07, 6.45) is 3.77. The Kier molecular flexibility index (Phi) is 9.68. The Balaban J connectivity index is 2.36. The van der Waals surface area contributed by atoms with Crippen molar-refractivity contribution in [3.8, 4) is 0 Å². The zero-order valence-corrected chi connectivity index (χ0v) is 21.8. The van der Waals surface area contributed by atoms with Crippen molar-refractivity contribution in [3.05, 3.63) is 34.9 Å². The predicted molar refractivity (Wildman–Crippen MR) is 133 cm³/mol. The molecule has 1 aliphatic carbocycles. The third-order valence-corrected chi connectivity index (χ3v) is 6.05. The van der Waals surface area contributed by atoms with E-state index in [0.717, 1.165) is 43.2 Å². The Morgan fingerprint density at radius 2 is 1.74 bits per heavy atom. The number of likely N-dealkylation sites (N-methyl/N-ethyl adjacent to an activating group) is 1. The molecule has 4 N–H and O–H groups in total. The second kappa shape index (κ2) is 12.0. The fraction of sp³-hybridized carbons (Fsp3) is 0.615. The van der Waals surface area contributed by atoms with Gasteiger partial charge in [-0.25, -0.2) is 4.79 Å². The molecule has 2 rings (SSSR count). The topological polar surface area (TPSA) is 131 Å². The largest absolute Gasteiger partial charge is 0.444 e. The lowest BCUT2D eigenvalue weighted by Crippen LogP contribution is -2.53. The molecule has 2 atom stereocenters. The van der Waals surface area contributed by atoms with Gasteiger partial charge in [0, 0.05) is 13.1 Å². The van der Waals surface area contributed by atoms with E-state index in [4.69, 9.17) is 10.5 Å². The van der Waals surface area contributed by atoms with Crippen LogP contribution in [0.15, 0.2) is 18.2 Å². The first-order valence-electron chi connectivity index (χ1n) is 12.2. The molecule has 2 unspecified atom stereocenters. The molecular weight excluding hydrogens is 448 g/mol. The number of hydrogen-bond donors (Lipinski definition) is 3. The van der Waals surface area contributed by atoms with Gasteiger partial charge in [0.1, 0.15) is 17.7 Å². The molecule has 9 heteroatoms. The second-order valence-corrected chi connectivity index (χ2v) is 10.4. The van der Waals surface area contributed by atoms with E-state index in [-0.39, 0.29) is 11.9 Å². The van der Waals surface area contributed by atoms with Crippen molar-refractivity contribution in [1.82, 2.24) is 15.5 Å². The second-order valence-electron chi connectivity index (χ2n) is 10.4. The fourth-order valence-corrected chi connectivity index (χ4v) is 4.41. The Morgan fingerprint density at radius 1 is 1.11 bits per heavy atom. The van der Waals surface area contributed by atoms with Crippen LogP contribution in [-0.2, 0) is 19.1 Å². The number of carbonyl (C=O) groups is 4. The summed E-state index contributed by atoms with van der Waals surface area (Å²) in [5.74, 6) is -1.67. The summed E-state index contributed by atoms with van der Waals surface area (Å²) in [4.78, 5) is 52.4. The Labute approximate surface area is 208 Å². The molecule has 0 bridgehead atoms. The van der Waals surface area contributed by atoms with E-state index in [9.17, 15) is 19.2 Å². The van der Waals surface area contributed by atoms with Crippen LogP contribution < -0.4 is 16.4 Å². The van der Waals surface area contributed by atoms with Gasteiger partial charge >= 0.3 is 6.09 Å². The highest BCUT2D eigenvalue weighted by Crippen LogP contribution is 2.27. The van der Waals surface area contributed by atoms with Crippen LogP contribution in [0.3, 0.4) is 0 Å². The highest BCUT2D eigenvalue weighted by molar-refractivity contribution is 5.94. The van der Waals surface area contributed by atoms with Crippen molar-refractivity contribution in [2.24, 2.45) is 5.73 Å². The van der Waals surface area contributed by atoms with Crippen LogP contribution in [0.25, 0.3) is 0 Å². The van der Waals surface area contributed by atoms with Crippen molar-refractivity contribution < 1.29 is 23.9 Å². The lowest BCUT2D eigenvalue weighted by atomic mass is 9.93. The first-order chi connectivity index (χ1) is 16.3. The number of nitrogens with zero attached hydrogens (tertiary/aromatic N) is 1. The number of carbonyl (C=O) groups excluding carboxylic acids is 4. The van der Waals surface area contributed by atoms with Gasteiger partial charge in [-0.15, -0.1) is 0 Å². The van der Waals surface area contributed by atoms with Crippen LogP contribution in [0.2, 0.25) is 0 Å². The van der Waals surface area contributed by atoms with Gasteiger partial charge in [-0.3, -0.25) is 14.4 Å². The molecular formula is C26H40N4O5. The summed E-state index contributed by atoms with van der Waals surface area (Å²) >= 11 is 0. The number of ether oxygens (including phenoxy) is 1. The number of rotatable bonds is 8. The van der Waals surface area contributed by atoms with Gasteiger partial charge in [0.05, 0.1) is 6.42 Å². The minimum Gasteiger partial charge on any atom is -0.444 e. The summed E-state index contributed by atoms with van der Waals surface area (Å²) < 4.78 is 5.25. The van der Waals surface area contributed by atoms with E-state index in [2.05, 4.69) is 10.6 Å². The van der Waals surface area contributed by atoms with Crippen molar-refractivity contribution in [1.29, 1.82) is 0 Å². The maximum atomic E-state index is 13.5. The lowest BCUT2D eigenvalue weighted by Gasteiger charge is -2.33. The standard InChI is InChI=1S/C26H40N4O5/c1-16-12-13-19(17(2)14-16)22(23(32)28-18-10-8-7-9-11-18)30(6)24(33)20(15-21(27)31)29-25(34)35-26(3,4)5/h12-14,18,20,22H,7-11,15H2,1-6H3,(H2,27,31)(H,28,32)(H,29,34). The van der Waals surface area contributed by atoms with Crippen LogP contribution in [0.1, 0.15) is 82.0 Å². The highest BCUT2D eigenvalue weighted by atomic mass is 16.6. The summed E-state index contributed by atoms with van der Waals surface area (Å²) in [5.41, 5.74) is 7.14. The molecule has 1 aromatic rings. The average molecular weight is 489 g/mol. The maximum Gasteiger partial charge on any atom is 0.408 e. The minimum absolute atomic E-state index is 0.0503. The lowest BCUT2D eigenvalue weighted by molar-refractivity contribution is -0.142. The van der Waals surface area contributed by atoms with Gasteiger partial charge in [-0.2, -0.15) is 0 Å². The van der Waals surface area contributed by atoms with E-state index >= 15 is 0 Å². The van der Waals surface area contributed by atoms with E-state index in [1.54, 1.807) is 20.8 Å². The monoisotopic (exact) mass is 488 g/mol. The van der Waals surface area contributed by atoms with E-state index in [1.807, 2.05) is 32.0 Å². The van der Waals surface area contributed by atoms with Gasteiger partial charge < -0.3 is 26.0 Å². The van der Waals surface area contributed by atoms with E-state index < -0.39 is 42.0 Å². The van der Waals surface area contributed by atoms with Gasteiger partial charge in [0.15, 0.2) is 0 Å². The zero-order chi connectivity index (χ0) is 26.3. The van der Waals surface area contributed by atoms with E-state index in [0.29, 0.717) is 5.56 Å². The molecule has 0 aromatic heterocycles. The van der Waals surface area contributed by atoms with Gasteiger partial charge in [-0.05, 0) is 58.6 Å². The molecule has 1 aliphatic rings. The molecule has 9 nitrogen and oxygen atoms in total. The zero-order valence-electron chi connectivity index (χ0n) is 21.8. The molecule has 1 aromatic carbocycles. The van der Waals surface area contributed by atoms with Crippen molar-refractivity contribution >= 4 is 23.8 Å². The van der Waals surface area contributed by atoms with Gasteiger partial charge in [0.25, 0.3) is 0 Å². The third-order valence-electron chi connectivity index (χ3n) is 6.05. The number of primary amides is 1. The number of nitrogens with one attached hydrogen (secondary N) is 2. The average Bonchev–Trinajstić information content (AvgIpc) is 2.73. The highest BCUT2D eigenvalue weighted by Gasteiger charge is 2.36. The normalized spacial score (nSPS) is 16.1. The molecule has 35 heavy (non-hydrogen) atoms. The van der Waals surface area contributed by atoms with Crippen LogP contribution in [0, 0.1) is 13.8 Å². The number of benzene rings is 1. The molecule has 1 saturated carbocycles. The Bertz CT molecular complexity index is 934. The molecule has 1 fully saturated rings. The van der Waals surface area contributed by atoms with Crippen molar-refractivity contribution in [2.45, 2.75) is 96.9 Å². The fourth-order valence-electron chi connectivity index (χ4n) is 4.41. The molecule has 0 spiro atoms. The number of aryl methyl sites for hydroxylation is 2. The first-order valence-corrected chi connectivity index (χ1v) is 12.2. The maximum absolute atomic E-state index is 13.5. The third kappa shape index (κ3) is 8.56. The summed E-state index contributed by atoms with van der Waals surface area (Å²) in [6.45, 7) is 8.91. The summed E-state index contributed by atoms with van der Waals surface area (Å²) in [5, 5.41) is 5.56. The molecule has 0 aliphatic heterocycles. The Hall–Kier alpha value is -3.10. The Morgan fingerprint density at radius 3 is 2.29 bits per heavy atom. The van der Waals surface area contributed by atoms with Gasteiger partial charge in [0.2, 0.25) is 17.7 Å². The number of alkyl carbamates (subject to hydrolysis) is 1. The molecule has 0 heterocycles. The quantitative estimate of drug-likeness (QED) is 0.518. The number of hydrogen-bond acceptors (Lipinski definition) is 5. The van der Waals surface area contributed by atoms with Gasteiger partial charge in [-0.1, -0.05) is 43.0 Å². The number of nitrogens with two attached hydrogens (primary N) is 1. The predicted octanol–water partition coefficient (Wildman–Crippen LogP) is 3.02. The smallest absolute Gasteiger partial charge is 0.408 e. The molecule has 4 amide bonds. The van der Waals surface area contributed by atoms with Crippen LogP contribution >= 0.6 is 0 Å².